The van der Waals surface area contributed by atoms with Crippen LogP contribution < -0.4 is 0 Å². The fourth-order valence-electron chi connectivity index (χ4n) is 5.87. The van der Waals surface area contributed by atoms with Crippen molar-refractivity contribution >= 4 is 78.5 Å². The smallest absolute Gasteiger partial charge is 0.338 e. The lowest BCUT2D eigenvalue weighted by atomic mass is 9.96. The summed E-state index contributed by atoms with van der Waals surface area (Å²) in [6, 6.07) is 9.07. The molecule has 0 saturated carbocycles. The first-order valence-electron chi connectivity index (χ1n) is 22.1. The van der Waals surface area contributed by atoms with Crippen molar-refractivity contribution < 1.29 is 67.7 Å². The lowest BCUT2D eigenvalue weighted by Gasteiger charge is -2.26. The largest absolute Gasteiger partial charge is 0.469 e. The third kappa shape index (κ3) is 27.8. The van der Waals surface area contributed by atoms with Crippen LogP contribution in [-0.2, 0) is 47.5 Å². The van der Waals surface area contributed by atoms with E-state index >= 15 is 0 Å². The Labute approximate surface area is 418 Å². The number of halogens is 3. The van der Waals surface area contributed by atoms with E-state index in [1.165, 1.54) is 14.0 Å². The van der Waals surface area contributed by atoms with Crippen molar-refractivity contribution in [1.29, 1.82) is 0 Å². The van der Waals surface area contributed by atoms with E-state index < -0.39 is 42.1 Å². The standard InChI is InChI=1S/C22H31IO4.C9H16O3.C7H12Br2.C5H10O4.C5H8O3/c1-15(2)16(3)11-12-18(25-21(24)17-9-7-6-8-10-17)20-19(13-14-23)26-22(4,5)27-20;1-4-5-7-8(6-10)12-9(2,3)11-7;1-5(2)6(3)4-7(8)9;6-3-1-5(8)9-2-4(3)7;1-4(6)3-5(7)8-2/h6-12,15-16,18-20H,13-14H2,1-5H3;6-8H,4-5H2,1-3H3;4-6H,1-3H3;3-8H,1-2H2;3H2,1-2H3/b12-11-;;;;/t16-,18?,19+,20-;7-,8+;6-;3-,4+,5?;/m1010./s1. The molecule has 3 heterocycles. The Morgan fingerprint density at radius 3 is 1.85 bits per heavy atom. The van der Waals surface area contributed by atoms with Gasteiger partial charge in [-0.25, -0.2) is 4.79 Å². The Bertz CT molecular complexity index is 1570. The minimum atomic E-state index is -0.914. The van der Waals surface area contributed by atoms with E-state index in [4.69, 9.17) is 39.0 Å². The van der Waals surface area contributed by atoms with Gasteiger partial charge in [-0.05, 0) is 121 Å². The quantitative estimate of drug-likeness (QED) is 0.0376. The molecule has 65 heavy (non-hydrogen) atoms. The molecule has 3 fully saturated rings. The predicted molar refractivity (Wildman–Crippen MR) is 267 cm³/mol. The van der Waals surface area contributed by atoms with Crippen LogP contribution in [0.3, 0.4) is 0 Å². The minimum Gasteiger partial charge on any atom is -0.469 e. The van der Waals surface area contributed by atoms with Crippen LogP contribution in [0.15, 0.2) is 52.0 Å². The monoisotopic (exact) mass is 1160 g/mol. The van der Waals surface area contributed by atoms with Crippen LogP contribution in [0.5, 0.6) is 0 Å². The number of aliphatic hydroxyl groups excluding tert-OH is 3. The van der Waals surface area contributed by atoms with E-state index in [1.54, 1.807) is 12.1 Å². The van der Waals surface area contributed by atoms with Crippen molar-refractivity contribution in [2.24, 2.45) is 23.7 Å². The Hall–Kier alpha value is -1.65. The fourth-order valence-corrected chi connectivity index (χ4v) is 7.31. The van der Waals surface area contributed by atoms with Crippen molar-refractivity contribution in [2.75, 3.05) is 18.1 Å². The maximum Gasteiger partial charge on any atom is 0.338 e. The van der Waals surface area contributed by atoms with E-state index in [1.807, 2.05) is 52.0 Å². The summed E-state index contributed by atoms with van der Waals surface area (Å²) in [5.41, 5.74) is 0.538. The van der Waals surface area contributed by atoms with E-state index in [2.05, 4.69) is 125 Å². The molecule has 17 heteroatoms. The number of carbonyl (C=O) groups excluding carboxylic acids is 4. The van der Waals surface area contributed by atoms with E-state index in [-0.39, 0.29) is 55.6 Å². The number of hydrogen-bond acceptors (Lipinski definition) is 14. The average Bonchev–Trinajstić information content (AvgIpc) is 3.70. The number of allylic oxidation sites excluding steroid dienone is 2. The first kappa shape index (κ1) is 63.4. The Kier molecular flexibility index (Phi) is 32.1. The molecule has 0 aliphatic carbocycles. The highest BCUT2D eigenvalue weighted by Crippen LogP contribution is 2.34. The number of ether oxygens (including phenoxy) is 7. The Balaban J connectivity index is 0.000000889. The van der Waals surface area contributed by atoms with Crippen LogP contribution in [0.2, 0.25) is 0 Å². The fraction of sp³-hybridized carbons (Fsp3) is 0.708. The third-order valence-corrected chi connectivity index (χ3v) is 11.3. The molecule has 1 aromatic rings. The van der Waals surface area contributed by atoms with Crippen LogP contribution in [0, 0.1) is 23.7 Å². The number of methoxy groups -OCH3 is 1. The van der Waals surface area contributed by atoms with Crippen molar-refractivity contribution in [1.82, 2.24) is 0 Å². The molecule has 0 aromatic heterocycles. The molecular formula is C48H77Br2IO14. The van der Waals surface area contributed by atoms with Gasteiger partial charge in [-0.15, -0.1) is 0 Å². The van der Waals surface area contributed by atoms with Crippen LogP contribution >= 0.6 is 54.5 Å². The normalized spacial score (nSPS) is 25.4. The number of ketones is 1. The molecule has 3 aliphatic heterocycles. The molecule has 3 N–H and O–H groups in total. The van der Waals surface area contributed by atoms with E-state index in [9.17, 15) is 19.2 Å². The van der Waals surface area contributed by atoms with Gasteiger partial charge in [0, 0.05) is 10.8 Å². The van der Waals surface area contributed by atoms with Gasteiger partial charge < -0.3 is 53.3 Å². The average molecular weight is 1160 g/mol. The molecule has 4 rings (SSSR count). The van der Waals surface area contributed by atoms with Gasteiger partial charge in [0.25, 0.3) is 0 Å². The molecule has 3 saturated heterocycles. The zero-order valence-corrected chi connectivity index (χ0v) is 45.9. The molecule has 0 bridgehead atoms. The lowest BCUT2D eigenvalue weighted by molar-refractivity contribution is -0.193. The first-order valence-corrected chi connectivity index (χ1v) is 25.3. The zero-order chi connectivity index (χ0) is 50.1. The molecule has 0 spiro atoms. The number of aldehydes is 1. The summed E-state index contributed by atoms with van der Waals surface area (Å²) in [4.78, 5) is 43.5. The third-order valence-electron chi connectivity index (χ3n) is 10.2. The topological polar surface area (TPSA) is 194 Å². The van der Waals surface area contributed by atoms with Crippen LogP contribution in [-0.4, -0.2) is 118 Å². The predicted octanol–water partition coefficient (Wildman–Crippen LogP) is 9.41. The second-order valence-electron chi connectivity index (χ2n) is 17.6. The number of esters is 2. The number of rotatable bonds is 15. The number of Topliss-reactive ketones (excluding diaryl/α,β-unsaturated/α-hetero) is 1. The highest BCUT2D eigenvalue weighted by molar-refractivity contribution is 14.1. The van der Waals surface area contributed by atoms with Crippen molar-refractivity contribution in [3.63, 3.8) is 0 Å². The lowest BCUT2D eigenvalue weighted by Crippen LogP contribution is -2.40. The molecule has 374 valence electrons. The van der Waals surface area contributed by atoms with E-state index in [0.717, 1.165) is 39.3 Å². The zero-order valence-electron chi connectivity index (χ0n) is 40.5. The maximum atomic E-state index is 12.7. The molecule has 14 nitrogen and oxygen atoms in total. The van der Waals surface area contributed by atoms with Crippen molar-refractivity contribution in [2.45, 2.75) is 176 Å². The number of hydrogen-bond donors (Lipinski definition) is 3. The minimum absolute atomic E-state index is 0.0162. The highest BCUT2D eigenvalue weighted by atomic mass is 127. The number of benzene rings is 1. The first-order chi connectivity index (χ1) is 30.2. The summed E-state index contributed by atoms with van der Waals surface area (Å²) in [5, 5.41) is 26.4. The molecule has 3 aliphatic rings. The highest BCUT2D eigenvalue weighted by Gasteiger charge is 2.45. The summed E-state index contributed by atoms with van der Waals surface area (Å²) in [6.45, 7) is 24.0. The summed E-state index contributed by atoms with van der Waals surface area (Å²) >= 11 is 8.98. The molecular weight excluding hydrogens is 1090 g/mol. The summed E-state index contributed by atoms with van der Waals surface area (Å²) < 4.78 is 39.8. The van der Waals surface area contributed by atoms with E-state index in [0.29, 0.717) is 23.3 Å². The SMILES string of the molecule is CC(C)[C@H](C)/C=C\C(OC(=O)c1ccccc1)[C@H]1OC(C)(C)O[C@H]1CCI.CC(C)[C@H](C)C=C(Br)Br.CCC[C@@H]1OC(C)(C)O[C@@H]1C=O.COC(=O)CC(C)=O.OC1C[C@H](O)[C@H](O)CO1. The maximum absolute atomic E-state index is 12.7. The number of carbonyl (C=O) groups is 4. The Morgan fingerprint density at radius 2 is 1.42 bits per heavy atom. The molecule has 0 radical (unpaired) electrons. The second kappa shape index (κ2) is 33.0. The van der Waals surface area contributed by atoms with Gasteiger partial charge in [0.05, 0.1) is 41.0 Å². The van der Waals surface area contributed by atoms with Gasteiger partial charge in [-0.1, -0.05) is 108 Å². The second-order valence-corrected chi connectivity index (χ2v) is 21.4. The summed E-state index contributed by atoms with van der Waals surface area (Å²) in [7, 11) is 1.26. The van der Waals surface area contributed by atoms with Crippen LogP contribution in [0.4, 0.5) is 0 Å². The molecule has 2 unspecified atom stereocenters. The number of aliphatic hydroxyl groups is 3. The molecule has 10 atom stereocenters. The molecule has 0 amide bonds. The summed E-state index contributed by atoms with van der Waals surface area (Å²) in [6.07, 6.45) is 5.86. The van der Waals surface area contributed by atoms with Gasteiger partial charge in [-0.3, -0.25) is 9.59 Å². The number of alkyl halides is 1. The van der Waals surface area contributed by atoms with Crippen molar-refractivity contribution in [3.05, 3.63) is 57.5 Å². The van der Waals surface area contributed by atoms with Gasteiger partial charge in [0.2, 0.25) is 0 Å². The van der Waals surface area contributed by atoms with Gasteiger partial charge in [0.15, 0.2) is 24.2 Å². The van der Waals surface area contributed by atoms with Crippen LogP contribution in [0.25, 0.3) is 0 Å². The summed E-state index contributed by atoms with van der Waals surface area (Å²) in [5.74, 6) is -0.0240. The van der Waals surface area contributed by atoms with Gasteiger partial charge in [-0.2, -0.15) is 0 Å². The molecule has 1 aromatic carbocycles. The van der Waals surface area contributed by atoms with Crippen LogP contribution in [0.1, 0.15) is 126 Å². The Morgan fingerprint density at radius 1 is 0.846 bits per heavy atom. The van der Waals surface area contributed by atoms with Crippen molar-refractivity contribution in [3.8, 4) is 0 Å². The van der Waals surface area contributed by atoms with Gasteiger partial charge in [0.1, 0.15) is 36.6 Å². The van der Waals surface area contributed by atoms with Gasteiger partial charge >= 0.3 is 11.9 Å².